The highest BCUT2D eigenvalue weighted by molar-refractivity contribution is 5.84. The van der Waals surface area contributed by atoms with Crippen LogP contribution < -0.4 is 0 Å². The summed E-state index contributed by atoms with van der Waals surface area (Å²) in [5.41, 5.74) is 2.18. The van der Waals surface area contributed by atoms with E-state index >= 15 is 0 Å². The van der Waals surface area contributed by atoms with Crippen molar-refractivity contribution in [3.8, 4) is 12.1 Å². The van der Waals surface area contributed by atoms with Crippen molar-refractivity contribution in [1.82, 2.24) is 9.88 Å². The Morgan fingerprint density at radius 2 is 1.82 bits per heavy atom. The Balaban J connectivity index is 1.97. The fourth-order valence-corrected chi connectivity index (χ4v) is 2.47. The minimum Gasteiger partial charge on any atom is -0.361 e. The summed E-state index contributed by atoms with van der Waals surface area (Å²) < 4.78 is 0. The number of rotatable bonds is 7. The molecular weight excluding hydrogens is 276 g/mol. The third-order valence-electron chi connectivity index (χ3n) is 3.62. The Morgan fingerprint density at radius 1 is 1.14 bits per heavy atom. The summed E-state index contributed by atoms with van der Waals surface area (Å²) in [6.45, 7) is 0.787. The lowest BCUT2D eigenvalue weighted by Crippen LogP contribution is -2.32. The minimum atomic E-state index is -0.00391. The zero-order chi connectivity index (χ0) is 15.8. The maximum Gasteiger partial charge on any atom is 0.222 e. The zero-order valence-electron chi connectivity index (χ0n) is 12.4. The highest BCUT2D eigenvalue weighted by atomic mass is 16.2. The van der Waals surface area contributed by atoms with E-state index in [1.54, 1.807) is 4.90 Å². The third-order valence-corrected chi connectivity index (χ3v) is 3.62. The van der Waals surface area contributed by atoms with Gasteiger partial charge in [0.15, 0.2) is 0 Å². The van der Waals surface area contributed by atoms with Crippen LogP contribution in [0.3, 0.4) is 0 Å². The van der Waals surface area contributed by atoms with Crippen molar-refractivity contribution >= 4 is 16.8 Å². The molecule has 112 valence electrons. The number of aromatic nitrogens is 1. The van der Waals surface area contributed by atoms with Crippen LogP contribution in [0, 0.1) is 22.7 Å². The van der Waals surface area contributed by atoms with Crippen LogP contribution in [0.1, 0.15) is 24.8 Å². The summed E-state index contributed by atoms with van der Waals surface area (Å²) >= 11 is 0. The van der Waals surface area contributed by atoms with E-state index in [1.807, 2.05) is 42.6 Å². The number of nitrogens with zero attached hydrogens (tertiary/aromatic N) is 3. The topological polar surface area (TPSA) is 83.7 Å². The van der Waals surface area contributed by atoms with E-state index in [-0.39, 0.29) is 5.91 Å². The summed E-state index contributed by atoms with van der Waals surface area (Å²) in [7, 11) is 0. The summed E-state index contributed by atoms with van der Waals surface area (Å²) in [4.78, 5) is 17.1. The molecule has 0 radical (unpaired) electrons. The van der Waals surface area contributed by atoms with Crippen LogP contribution in [-0.4, -0.2) is 28.9 Å². The largest absolute Gasteiger partial charge is 0.361 e. The van der Waals surface area contributed by atoms with Crippen molar-refractivity contribution in [3.63, 3.8) is 0 Å². The van der Waals surface area contributed by atoms with E-state index in [9.17, 15) is 4.79 Å². The molecule has 0 aliphatic carbocycles. The summed E-state index contributed by atoms with van der Waals surface area (Å²) in [6, 6.07) is 12.1. The first-order chi connectivity index (χ1) is 10.8. The number of hydrogen-bond acceptors (Lipinski definition) is 3. The highest BCUT2D eigenvalue weighted by Crippen LogP contribution is 2.19. The molecule has 2 aromatic rings. The van der Waals surface area contributed by atoms with Crippen LogP contribution >= 0.6 is 0 Å². The Labute approximate surface area is 129 Å². The molecule has 0 spiro atoms. The van der Waals surface area contributed by atoms with Gasteiger partial charge in [-0.05, 0) is 18.1 Å². The van der Waals surface area contributed by atoms with Crippen molar-refractivity contribution in [2.75, 3.05) is 13.1 Å². The number of nitriles is 2. The first-order valence-corrected chi connectivity index (χ1v) is 7.33. The van der Waals surface area contributed by atoms with E-state index in [0.29, 0.717) is 38.8 Å². The number of H-pyrrole nitrogens is 1. The molecular formula is C17H18N4O. The summed E-state index contributed by atoms with van der Waals surface area (Å²) in [5.74, 6) is -0.00391. The molecule has 0 atom stereocenters. The van der Waals surface area contributed by atoms with E-state index in [2.05, 4.69) is 4.98 Å². The first kappa shape index (κ1) is 15.6. The molecule has 2 rings (SSSR count). The molecule has 1 aromatic carbocycles. The number of aromatic amines is 1. The number of nitrogens with one attached hydrogen (secondary N) is 1. The SMILES string of the molecule is N#CCCN(CCC#N)C(=O)CCc1c[nH]c2ccccc12. The summed E-state index contributed by atoms with van der Waals surface area (Å²) in [5, 5.41) is 18.5. The average Bonchev–Trinajstić information content (AvgIpc) is 2.96. The van der Waals surface area contributed by atoms with E-state index in [4.69, 9.17) is 10.5 Å². The number of fused-ring (bicyclic) bond motifs is 1. The number of amides is 1. The molecule has 1 amide bonds. The molecule has 0 saturated carbocycles. The zero-order valence-corrected chi connectivity index (χ0v) is 12.4. The van der Waals surface area contributed by atoms with Crippen LogP contribution in [-0.2, 0) is 11.2 Å². The monoisotopic (exact) mass is 294 g/mol. The number of para-hydroxylation sites is 1. The number of carbonyl (C=O) groups excluding carboxylic acids is 1. The van der Waals surface area contributed by atoms with Crippen LogP contribution in [0.25, 0.3) is 10.9 Å². The molecule has 5 heteroatoms. The molecule has 22 heavy (non-hydrogen) atoms. The van der Waals surface area contributed by atoms with Gasteiger partial charge >= 0.3 is 0 Å². The standard InChI is InChI=1S/C17H18N4O/c18-9-3-11-21(12-4-10-19)17(22)8-7-14-13-20-16-6-2-1-5-15(14)16/h1-2,5-6,13,20H,3-4,7-8,11-12H2. The van der Waals surface area contributed by atoms with Crippen molar-refractivity contribution in [3.05, 3.63) is 36.0 Å². The van der Waals surface area contributed by atoms with Gasteiger partial charge in [-0.2, -0.15) is 10.5 Å². The van der Waals surface area contributed by atoms with Crippen LogP contribution in [0.15, 0.2) is 30.5 Å². The summed E-state index contributed by atoms with van der Waals surface area (Å²) in [6.07, 6.45) is 3.57. The second kappa shape index (κ2) is 7.85. The van der Waals surface area contributed by atoms with Gasteiger partial charge < -0.3 is 9.88 Å². The predicted octanol–water partition coefficient (Wildman–Crippen LogP) is 2.76. The molecule has 0 aliphatic heterocycles. The average molecular weight is 294 g/mol. The van der Waals surface area contributed by atoms with Gasteiger partial charge in [-0.3, -0.25) is 4.79 Å². The Hall–Kier alpha value is -2.79. The lowest BCUT2D eigenvalue weighted by molar-refractivity contribution is -0.131. The second-order valence-corrected chi connectivity index (χ2v) is 5.06. The number of aryl methyl sites for hydroxylation is 1. The molecule has 0 unspecified atom stereocenters. The maximum atomic E-state index is 12.3. The van der Waals surface area contributed by atoms with Crippen LogP contribution in [0.2, 0.25) is 0 Å². The van der Waals surface area contributed by atoms with Gasteiger partial charge in [-0.25, -0.2) is 0 Å². The quantitative estimate of drug-likeness (QED) is 0.852. The molecule has 1 aromatic heterocycles. The Morgan fingerprint density at radius 3 is 2.50 bits per heavy atom. The normalized spacial score (nSPS) is 10.1. The van der Waals surface area contributed by atoms with Gasteiger partial charge in [0.05, 0.1) is 25.0 Å². The van der Waals surface area contributed by atoms with Crippen molar-refractivity contribution in [2.24, 2.45) is 0 Å². The van der Waals surface area contributed by atoms with Gasteiger partial charge in [-0.1, -0.05) is 18.2 Å². The molecule has 0 bridgehead atoms. The fraction of sp³-hybridized carbons (Fsp3) is 0.353. The molecule has 1 N–H and O–H groups in total. The lowest BCUT2D eigenvalue weighted by Gasteiger charge is -2.20. The van der Waals surface area contributed by atoms with Gasteiger partial charge in [0.1, 0.15) is 0 Å². The minimum absolute atomic E-state index is 0.00391. The molecule has 1 heterocycles. The van der Waals surface area contributed by atoms with Crippen molar-refractivity contribution < 1.29 is 4.79 Å². The van der Waals surface area contributed by atoms with E-state index in [0.717, 1.165) is 16.5 Å². The highest BCUT2D eigenvalue weighted by Gasteiger charge is 2.14. The van der Waals surface area contributed by atoms with Gasteiger partial charge in [0, 0.05) is 36.6 Å². The predicted molar refractivity (Wildman–Crippen MR) is 83.7 cm³/mol. The van der Waals surface area contributed by atoms with Crippen LogP contribution in [0.4, 0.5) is 0 Å². The van der Waals surface area contributed by atoms with E-state index < -0.39 is 0 Å². The van der Waals surface area contributed by atoms with E-state index in [1.165, 1.54) is 0 Å². The fourth-order valence-electron chi connectivity index (χ4n) is 2.47. The Kier molecular flexibility index (Phi) is 5.57. The number of benzene rings is 1. The Bertz CT molecular complexity index is 702. The molecule has 0 fully saturated rings. The van der Waals surface area contributed by atoms with Gasteiger partial charge in [-0.15, -0.1) is 0 Å². The molecule has 0 aliphatic rings. The number of hydrogen-bond donors (Lipinski definition) is 1. The van der Waals surface area contributed by atoms with Gasteiger partial charge in [0.25, 0.3) is 0 Å². The third kappa shape index (κ3) is 3.86. The molecule has 0 saturated heterocycles. The smallest absolute Gasteiger partial charge is 0.222 e. The second-order valence-electron chi connectivity index (χ2n) is 5.06. The van der Waals surface area contributed by atoms with Crippen molar-refractivity contribution in [2.45, 2.75) is 25.7 Å². The first-order valence-electron chi connectivity index (χ1n) is 7.33. The molecule has 5 nitrogen and oxygen atoms in total. The number of carbonyl (C=O) groups is 1. The van der Waals surface area contributed by atoms with Crippen molar-refractivity contribution in [1.29, 1.82) is 10.5 Å². The lowest BCUT2D eigenvalue weighted by atomic mass is 10.1. The van der Waals surface area contributed by atoms with Crippen LogP contribution in [0.5, 0.6) is 0 Å². The van der Waals surface area contributed by atoms with Gasteiger partial charge in [0.2, 0.25) is 5.91 Å². The maximum absolute atomic E-state index is 12.3.